The minimum Gasteiger partial charge on any atom is -0.207 e. The Morgan fingerprint density at radius 3 is 2.26 bits per heavy atom. The molecule has 0 aliphatic heterocycles. The van der Waals surface area contributed by atoms with Gasteiger partial charge in [0.2, 0.25) is 0 Å². The van der Waals surface area contributed by atoms with Crippen molar-refractivity contribution in [2.45, 2.75) is 12.3 Å². The molecule has 0 bridgehead atoms. The Morgan fingerprint density at radius 1 is 1.00 bits per heavy atom. The largest absolute Gasteiger partial charge is 0.207 e. The summed E-state index contributed by atoms with van der Waals surface area (Å²) in [5, 5.41) is 0.644. The molecule has 0 aliphatic rings. The lowest BCUT2D eigenvalue weighted by Crippen LogP contribution is -2.06. The van der Waals surface area contributed by atoms with Gasteiger partial charge in [-0.25, -0.2) is 8.78 Å². The van der Waals surface area contributed by atoms with Crippen LogP contribution in [-0.2, 0) is 6.42 Å². The maximum atomic E-state index is 13.6. The molecule has 1 unspecified atom stereocenters. The Morgan fingerprint density at radius 2 is 1.68 bits per heavy atom. The molecule has 4 heteroatoms. The molecule has 0 amide bonds. The van der Waals surface area contributed by atoms with Gasteiger partial charge in [0.05, 0.1) is 0 Å². The summed E-state index contributed by atoms with van der Waals surface area (Å²) in [5.41, 5.74) is 1.45. The van der Waals surface area contributed by atoms with E-state index in [0.717, 1.165) is 11.6 Å². The summed E-state index contributed by atoms with van der Waals surface area (Å²) in [4.78, 5) is 0. The van der Waals surface area contributed by atoms with E-state index in [1.54, 1.807) is 12.1 Å². The van der Waals surface area contributed by atoms with Crippen LogP contribution in [0.2, 0.25) is 5.02 Å². The van der Waals surface area contributed by atoms with E-state index >= 15 is 0 Å². The molecule has 0 radical (unpaired) electrons. The number of rotatable bonds is 4. The van der Waals surface area contributed by atoms with Gasteiger partial charge in [-0.2, -0.15) is 0 Å². The Labute approximate surface area is 121 Å². The van der Waals surface area contributed by atoms with Crippen molar-refractivity contribution in [1.82, 2.24) is 0 Å². The summed E-state index contributed by atoms with van der Waals surface area (Å²) in [6.07, 6.45) is 0.428. The second kappa shape index (κ2) is 6.36. The second-order valence-electron chi connectivity index (χ2n) is 4.34. The minimum absolute atomic E-state index is 0.0288. The third-order valence-corrected chi connectivity index (χ3v) is 3.63. The van der Waals surface area contributed by atoms with Crippen LogP contribution in [0.1, 0.15) is 17.0 Å². The lowest BCUT2D eigenvalue weighted by Gasteiger charge is -2.15. The molecular weight excluding hydrogens is 289 g/mol. The summed E-state index contributed by atoms with van der Waals surface area (Å²) >= 11 is 11.8. The number of alkyl halides is 1. The first-order valence-electron chi connectivity index (χ1n) is 5.85. The van der Waals surface area contributed by atoms with Gasteiger partial charge in [-0.1, -0.05) is 29.8 Å². The molecule has 19 heavy (non-hydrogen) atoms. The molecule has 0 aliphatic carbocycles. The van der Waals surface area contributed by atoms with Gasteiger partial charge in [0, 0.05) is 22.9 Å². The summed E-state index contributed by atoms with van der Waals surface area (Å²) in [6, 6.07) is 10.9. The molecule has 0 aromatic heterocycles. The Balaban J connectivity index is 2.21. The van der Waals surface area contributed by atoms with E-state index in [0.29, 0.717) is 22.9 Å². The Hall–Kier alpha value is -1.12. The fourth-order valence-corrected chi connectivity index (χ4v) is 2.36. The third-order valence-electron chi connectivity index (χ3n) is 3.01. The highest BCUT2D eigenvalue weighted by Crippen LogP contribution is 2.25. The van der Waals surface area contributed by atoms with Gasteiger partial charge < -0.3 is 0 Å². The highest BCUT2D eigenvalue weighted by atomic mass is 35.5. The number of hydrogen-bond acceptors (Lipinski definition) is 0. The molecule has 0 nitrogen and oxygen atoms in total. The van der Waals surface area contributed by atoms with Crippen molar-refractivity contribution >= 4 is 23.2 Å². The predicted octanol–water partition coefficient (Wildman–Crippen LogP) is 5.18. The van der Waals surface area contributed by atoms with E-state index in [-0.39, 0.29) is 5.92 Å². The maximum absolute atomic E-state index is 13.6. The molecule has 1 atom stereocenters. The molecule has 100 valence electrons. The molecule has 0 saturated heterocycles. The molecule has 0 N–H and O–H groups in total. The van der Waals surface area contributed by atoms with Crippen LogP contribution in [-0.4, -0.2) is 5.88 Å². The average molecular weight is 301 g/mol. The number of hydrogen-bond donors (Lipinski definition) is 0. The third kappa shape index (κ3) is 3.68. The van der Waals surface area contributed by atoms with E-state index in [2.05, 4.69) is 0 Å². The smallest absolute Gasteiger partial charge is 0.129 e. The Bertz CT molecular complexity index is 553. The average Bonchev–Trinajstić information content (AvgIpc) is 2.39. The fraction of sp³-hybridized carbons (Fsp3) is 0.200. The first kappa shape index (κ1) is 14.3. The zero-order chi connectivity index (χ0) is 13.8. The van der Waals surface area contributed by atoms with Crippen molar-refractivity contribution in [1.29, 1.82) is 0 Å². The van der Waals surface area contributed by atoms with Crippen molar-refractivity contribution in [3.63, 3.8) is 0 Å². The van der Waals surface area contributed by atoms with E-state index in [9.17, 15) is 8.78 Å². The van der Waals surface area contributed by atoms with E-state index < -0.39 is 11.6 Å². The second-order valence-corrected chi connectivity index (χ2v) is 5.09. The zero-order valence-electron chi connectivity index (χ0n) is 10.0. The highest BCUT2D eigenvalue weighted by molar-refractivity contribution is 6.30. The predicted molar refractivity (Wildman–Crippen MR) is 75.0 cm³/mol. The quantitative estimate of drug-likeness (QED) is 0.682. The van der Waals surface area contributed by atoms with Crippen LogP contribution in [0.25, 0.3) is 0 Å². The molecule has 2 aromatic rings. The molecule has 0 saturated carbocycles. The first-order chi connectivity index (χ1) is 9.10. The molecule has 0 spiro atoms. The van der Waals surface area contributed by atoms with Gasteiger partial charge in [-0.05, 0) is 35.7 Å². The highest BCUT2D eigenvalue weighted by Gasteiger charge is 2.14. The zero-order valence-corrected chi connectivity index (χ0v) is 11.6. The van der Waals surface area contributed by atoms with Crippen LogP contribution in [0.4, 0.5) is 8.78 Å². The SMILES string of the molecule is Fc1ccc(CC(CCl)c2ccc(Cl)cc2)c(F)c1. The van der Waals surface area contributed by atoms with Gasteiger partial charge in [-0.3, -0.25) is 0 Å². The number of benzene rings is 2. The van der Waals surface area contributed by atoms with Gasteiger partial charge in [-0.15, -0.1) is 11.6 Å². The van der Waals surface area contributed by atoms with Crippen LogP contribution in [0.5, 0.6) is 0 Å². The molecule has 0 heterocycles. The van der Waals surface area contributed by atoms with Gasteiger partial charge >= 0.3 is 0 Å². The molecular formula is C15H12Cl2F2. The van der Waals surface area contributed by atoms with Crippen molar-refractivity contribution in [2.24, 2.45) is 0 Å². The lowest BCUT2D eigenvalue weighted by molar-refractivity contribution is 0.566. The van der Waals surface area contributed by atoms with Crippen molar-refractivity contribution in [2.75, 3.05) is 5.88 Å². The van der Waals surface area contributed by atoms with E-state index in [1.807, 2.05) is 12.1 Å². The Kier molecular flexibility index (Phi) is 4.78. The van der Waals surface area contributed by atoms with Crippen molar-refractivity contribution in [3.8, 4) is 0 Å². The van der Waals surface area contributed by atoms with Crippen molar-refractivity contribution < 1.29 is 8.78 Å². The van der Waals surface area contributed by atoms with Gasteiger partial charge in [0.15, 0.2) is 0 Å². The van der Waals surface area contributed by atoms with Crippen molar-refractivity contribution in [3.05, 3.63) is 70.2 Å². The van der Waals surface area contributed by atoms with Gasteiger partial charge in [0.25, 0.3) is 0 Å². The van der Waals surface area contributed by atoms with Gasteiger partial charge in [0.1, 0.15) is 11.6 Å². The van der Waals surface area contributed by atoms with Crippen LogP contribution in [0.15, 0.2) is 42.5 Å². The van der Waals surface area contributed by atoms with Crippen LogP contribution in [0, 0.1) is 11.6 Å². The summed E-state index contributed by atoms with van der Waals surface area (Å²) in [7, 11) is 0. The summed E-state index contributed by atoms with van der Waals surface area (Å²) < 4.78 is 26.5. The lowest BCUT2D eigenvalue weighted by atomic mass is 9.93. The van der Waals surface area contributed by atoms with E-state index in [4.69, 9.17) is 23.2 Å². The first-order valence-corrected chi connectivity index (χ1v) is 6.76. The van der Waals surface area contributed by atoms with Crippen LogP contribution < -0.4 is 0 Å². The minimum atomic E-state index is -0.574. The van der Waals surface area contributed by atoms with Crippen LogP contribution in [0.3, 0.4) is 0 Å². The fourth-order valence-electron chi connectivity index (χ4n) is 1.95. The normalized spacial score (nSPS) is 12.4. The summed E-state index contributed by atoms with van der Waals surface area (Å²) in [6.45, 7) is 0. The monoisotopic (exact) mass is 300 g/mol. The molecule has 2 rings (SSSR count). The standard InChI is InChI=1S/C15H12Cl2F2/c16-9-12(10-1-4-13(17)5-2-10)7-11-3-6-14(18)8-15(11)19/h1-6,8,12H,7,9H2. The van der Waals surface area contributed by atoms with E-state index in [1.165, 1.54) is 12.1 Å². The maximum Gasteiger partial charge on any atom is 0.129 e. The molecule has 2 aromatic carbocycles. The topological polar surface area (TPSA) is 0 Å². The number of halogens is 4. The molecule has 0 fully saturated rings. The summed E-state index contributed by atoms with van der Waals surface area (Å²) in [5.74, 6) is -0.781. The van der Waals surface area contributed by atoms with Crippen LogP contribution >= 0.6 is 23.2 Å².